The Bertz CT molecular complexity index is 565. The maximum atomic E-state index is 11.5. The minimum absolute atomic E-state index is 0.0308. The third kappa shape index (κ3) is 3.16. The van der Waals surface area contributed by atoms with Gasteiger partial charge in [-0.1, -0.05) is 11.8 Å². The van der Waals surface area contributed by atoms with Crippen LogP contribution in [0.25, 0.3) is 11.1 Å². The predicted octanol–water partition coefficient (Wildman–Crippen LogP) is 2.03. The summed E-state index contributed by atoms with van der Waals surface area (Å²) in [6.45, 7) is 3.84. The molecule has 2 rings (SSSR count). The maximum absolute atomic E-state index is 11.5. The van der Waals surface area contributed by atoms with Crippen molar-refractivity contribution in [3.63, 3.8) is 0 Å². The fourth-order valence-corrected chi connectivity index (χ4v) is 2.13. The molecule has 2 aromatic rings. The van der Waals surface area contributed by atoms with Gasteiger partial charge in [0.2, 0.25) is 5.91 Å². The molecule has 1 amide bonds. The van der Waals surface area contributed by atoms with Gasteiger partial charge in [-0.25, -0.2) is 4.98 Å². The number of thioether (sulfide) groups is 1. The highest BCUT2D eigenvalue weighted by Crippen LogP contribution is 2.24. The molecular formula is C12H15N3O2S. The molecule has 96 valence electrons. The van der Waals surface area contributed by atoms with Crippen LogP contribution in [0.5, 0.6) is 0 Å². The van der Waals surface area contributed by atoms with Crippen LogP contribution < -0.4 is 11.1 Å². The maximum Gasteiger partial charge on any atom is 0.257 e. The van der Waals surface area contributed by atoms with Crippen LogP contribution in [-0.2, 0) is 4.79 Å². The molecule has 0 spiro atoms. The van der Waals surface area contributed by atoms with E-state index in [4.69, 9.17) is 10.2 Å². The molecule has 18 heavy (non-hydrogen) atoms. The fourth-order valence-electron chi connectivity index (χ4n) is 1.48. The molecule has 0 saturated heterocycles. The predicted molar refractivity (Wildman–Crippen MR) is 72.4 cm³/mol. The largest absolute Gasteiger partial charge is 0.431 e. The van der Waals surface area contributed by atoms with Crippen LogP contribution in [0.15, 0.2) is 27.8 Å². The van der Waals surface area contributed by atoms with Gasteiger partial charge < -0.3 is 15.5 Å². The van der Waals surface area contributed by atoms with Crippen LogP contribution in [0.4, 0.5) is 5.69 Å². The van der Waals surface area contributed by atoms with Gasteiger partial charge in [0.1, 0.15) is 5.52 Å². The van der Waals surface area contributed by atoms with Crippen molar-refractivity contribution >= 4 is 34.5 Å². The topological polar surface area (TPSA) is 81.2 Å². The molecule has 0 aliphatic rings. The van der Waals surface area contributed by atoms with Crippen LogP contribution in [0.1, 0.15) is 13.8 Å². The molecule has 0 saturated carbocycles. The van der Waals surface area contributed by atoms with E-state index in [9.17, 15) is 4.79 Å². The SMILES string of the molecule is CC(C)NC(=O)CSc1nc2cc(N)ccc2o1. The van der Waals surface area contributed by atoms with Gasteiger partial charge in [-0.2, -0.15) is 0 Å². The lowest BCUT2D eigenvalue weighted by Gasteiger charge is -2.06. The quantitative estimate of drug-likeness (QED) is 0.653. The number of benzene rings is 1. The van der Waals surface area contributed by atoms with Crippen molar-refractivity contribution < 1.29 is 9.21 Å². The first-order chi connectivity index (χ1) is 8.54. The number of amides is 1. The molecule has 1 aromatic heterocycles. The van der Waals surface area contributed by atoms with E-state index in [1.807, 2.05) is 13.8 Å². The Morgan fingerprint density at radius 2 is 2.33 bits per heavy atom. The second-order valence-electron chi connectivity index (χ2n) is 4.22. The van der Waals surface area contributed by atoms with E-state index in [1.165, 1.54) is 11.8 Å². The summed E-state index contributed by atoms with van der Waals surface area (Å²) in [4.78, 5) is 15.7. The second-order valence-corrected chi connectivity index (χ2v) is 5.14. The van der Waals surface area contributed by atoms with E-state index in [-0.39, 0.29) is 11.9 Å². The van der Waals surface area contributed by atoms with E-state index < -0.39 is 0 Å². The van der Waals surface area contributed by atoms with Gasteiger partial charge in [-0.3, -0.25) is 4.79 Å². The molecule has 0 aliphatic heterocycles. The van der Waals surface area contributed by atoms with Crippen molar-refractivity contribution in [3.8, 4) is 0 Å². The fraction of sp³-hybridized carbons (Fsp3) is 0.333. The lowest BCUT2D eigenvalue weighted by Crippen LogP contribution is -2.31. The van der Waals surface area contributed by atoms with Crippen LogP contribution in [0.2, 0.25) is 0 Å². The number of nitrogens with two attached hydrogens (primary N) is 1. The zero-order valence-corrected chi connectivity index (χ0v) is 11.1. The number of anilines is 1. The van der Waals surface area contributed by atoms with Crippen LogP contribution in [-0.4, -0.2) is 22.7 Å². The van der Waals surface area contributed by atoms with Crippen LogP contribution >= 0.6 is 11.8 Å². The van der Waals surface area contributed by atoms with Crippen molar-refractivity contribution in [1.82, 2.24) is 10.3 Å². The zero-order valence-electron chi connectivity index (χ0n) is 10.3. The van der Waals surface area contributed by atoms with Crippen molar-refractivity contribution in [3.05, 3.63) is 18.2 Å². The molecule has 0 fully saturated rings. The van der Waals surface area contributed by atoms with Gasteiger partial charge in [-0.15, -0.1) is 0 Å². The van der Waals surface area contributed by atoms with Crippen LogP contribution in [0.3, 0.4) is 0 Å². The Kier molecular flexibility index (Phi) is 3.76. The van der Waals surface area contributed by atoms with Gasteiger partial charge in [0, 0.05) is 11.7 Å². The molecule has 0 unspecified atom stereocenters. The summed E-state index contributed by atoms with van der Waals surface area (Å²) in [7, 11) is 0. The summed E-state index contributed by atoms with van der Waals surface area (Å²) in [5.74, 6) is 0.261. The van der Waals surface area contributed by atoms with Gasteiger partial charge in [0.25, 0.3) is 5.22 Å². The van der Waals surface area contributed by atoms with Gasteiger partial charge in [0.15, 0.2) is 5.58 Å². The van der Waals surface area contributed by atoms with E-state index in [2.05, 4.69) is 10.3 Å². The average Bonchev–Trinajstić information content (AvgIpc) is 2.67. The van der Waals surface area contributed by atoms with Crippen molar-refractivity contribution in [1.29, 1.82) is 0 Å². The summed E-state index contributed by atoms with van der Waals surface area (Å²) in [5, 5.41) is 3.29. The average molecular weight is 265 g/mol. The number of nitrogen functional groups attached to an aromatic ring is 1. The third-order valence-corrected chi connectivity index (χ3v) is 3.00. The highest BCUT2D eigenvalue weighted by Gasteiger charge is 2.10. The number of hydrogen-bond acceptors (Lipinski definition) is 5. The number of hydrogen-bond donors (Lipinski definition) is 2. The smallest absolute Gasteiger partial charge is 0.257 e. The van der Waals surface area contributed by atoms with E-state index in [0.717, 1.165) is 0 Å². The molecule has 0 aliphatic carbocycles. The minimum atomic E-state index is -0.0308. The number of carbonyl (C=O) groups is 1. The molecule has 0 atom stereocenters. The summed E-state index contributed by atoms with van der Waals surface area (Å²) in [5.41, 5.74) is 7.69. The molecular weight excluding hydrogens is 250 g/mol. The third-order valence-electron chi connectivity index (χ3n) is 2.17. The first-order valence-electron chi connectivity index (χ1n) is 5.63. The first kappa shape index (κ1) is 12.8. The van der Waals surface area contributed by atoms with E-state index >= 15 is 0 Å². The zero-order chi connectivity index (χ0) is 13.1. The summed E-state index contributed by atoms with van der Waals surface area (Å²) in [6.07, 6.45) is 0. The molecule has 6 heteroatoms. The monoisotopic (exact) mass is 265 g/mol. The highest BCUT2D eigenvalue weighted by molar-refractivity contribution is 7.99. The molecule has 1 aromatic carbocycles. The number of rotatable bonds is 4. The summed E-state index contributed by atoms with van der Waals surface area (Å²) >= 11 is 1.27. The standard InChI is InChI=1S/C12H15N3O2S/c1-7(2)14-11(16)6-18-12-15-9-5-8(13)3-4-10(9)17-12/h3-5,7H,6,13H2,1-2H3,(H,14,16). The Morgan fingerprint density at radius 3 is 3.06 bits per heavy atom. The number of fused-ring (bicyclic) bond motifs is 1. The molecule has 1 heterocycles. The summed E-state index contributed by atoms with van der Waals surface area (Å²) in [6, 6.07) is 5.42. The van der Waals surface area contributed by atoms with Crippen molar-refractivity contribution in [2.24, 2.45) is 0 Å². The lowest BCUT2D eigenvalue weighted by molar-refractivity contribution is -0.119. The molecule has 5 nitrogen and oxygen atoms in total. The molecule has 0 radical (unpaired) electrons. The number of oxazole rings is 1. The molecule has 0 bridgehead atoms. The normalized spacial score (nSPS) is 11.1. The Balaban J connectivity index is 2.02. The Hall–Kier alpha value is -1.69. The Labute approximate surface area is 109 Å². The molecule has 3 N–H and O–H groups in total. The minimum Gasteiger partial charge on any atom is -0.431 e. The van der Waals surface area contributed by atoms with Crippen molar-refractivity contribution in [2.75, 3.05) is 11.5 Å². The van der Waals surface area contributed by atoms with Gasteiger partial charge in [0.05, 0.1) is 5.75 Å². The number of carbonyl (C=O) groups excluding carboxylic acids is 1. The van der Waals surface area contributed by atoms with Gasteiger partial charge >= 0.3 is 0 Å². The number of nitrogens with zero attached hydrogens (tertiary/aromatic N) is 1. The second kappa shape index (κ2) is 5.30. The van der Waals surface area contributed by atoms with E-state index in [1.54, 1.807) is 18.2 Å². The van der Waals surface area contributed by atoms with Crippen LogP contribution in [0, 0.1) is 0 Å². The van der Waals surface area contributed by atoms with Gasteiger partial charge in [-0.05, 0) is 32.0 Å². The van der Waals surface area contributed by atoms with E-state index in [0.29, 0.717) is 27.8 Å². The highest BCUT2D eigenvalue weighted by atomic mass is 32.2. The lowest BCUT2D eigenvalue weighted by atomic mass is 10.3. The number of aromatic nitrogens is 1. The first-order valence-corrected chi connectivity index (χ1v) is 6.61. The van der Waals surface area contributed by atoms with Crippen molar-refractivity contribution in [2.45, 2.75) is 25.1 Å². The Morgan fingerprint density at radius 1 is 1.56 bits per heavy atom. The summed E-state index contributed by atoms with van der Waals surface area (Å²) < 4.78 is 5.49. The number of nitrogens with one attached hydrogen (secondary N) is 1.